The molecule has 96 valence electrons. The third-order valence-electron chi connectivity index (χ3n) is 3.02. The second kappa shape index (κ2) is 6.12. The molecule has 0 spiro atoms. The van der Waals surface area contributed by atoms with Gasteiger partial charge in [0.05, 0.1) is 5.69 Å². The Morgan fingerprint density at radius 2 is 2.11 bits per heavy atom. The SMILES string of the molecule is CNCCCc1csc(-c2ccc(C)cc2C)n1. The molecular weight excluding hydrogens is 240 g/mol. The second-order valence-corrected chi connectivity index (χ2v) is 5.53. The molecule has 0 saturated carbocycles. The van der Waals surface area contributed by atoms with E-state index in [1.807, 2.05) is 7.05 Å². The van der Waals surface area contributed by atoms with Gasteiger partial charge in [0, 0.05) is 10.9 Å². The molecule has 2 rings (SSSR count). The first kappa shape index (κ1) is 13.2. The van der Waals surface area contributed by atoms with E-state index in [0.29, 0.717) is 0 Å². The summed E-state index contributed by atoms with van der Waals surface area (Å²) in [5.74, 6) is 0. The number of benzene rings is 1. The Kier molecular flexibility index (Phi) is 4.50. The zero-order chi connectivity index (χ0) is 13.0. The number of nitrogens with zero attached hydrogens (tertiary/aromatic N) is 1. The standard InChI is InChI=1S/C15H20N2S/c1-11-6-7-14(12(2)9-11)15-17-13(10-18-15)5-4-8-16-3/h6-7,9-10,16H,4-5,8H2,1-3H3. The lowest BCUT2D eigenvalue weighted by atomic mass is 10.1. The highest BCUT2D eigenvalue weighted by molar-refractivity contribution is 7.13. The van der Waals surface area contributed by atoms with Crippen LogP contribution in [-0.4, -0.2) is 18.6 Å². The Morgan fingerprint density at radius 3 is 2.83 bits per heavy atom. The Bertz CT molecular complexity index is 517. The van der Waals surface area contributed by atoms with Gasteiger partial charge in [-0.05, 0) is 45.8 Å². The minimum absolute atomic E-state index is 1.05. The van der Waals surface area contributed by atoms with Crippen LogP contribution in [0.1, 0.15) is 23.2 Å². The highest BCUT2D eigenvalue weighted by atomic mass is 32.1. The van der Waals surface area contributed by atoms with Crippen LogP contribution in [-0.2, 0) is 6.42 Å². The number of rotatable bonds is 5. The van der Waals surface area contributed by atoms with Crippen molar-refractivity contribution < 1.29 is 0 Å². The molecule has 0 aliphatic rings. The van der Waals surface area contributed by atoms with Gasteiger partial charge in [-0.25, -0.2) is 4.98 Å². The zero-order valence-electron chi connectivity index (χ0n) is 11.3. The maximum Gasteiger partial charge on any atom is 0.123 e. The molecule has 0 aliphatic carbocycles. The molecule has 1 N–H and O–H groups in total. The first-order valence-electron chi connectivity index (χ1n) is 6.37. The van der Waals surface area contributed by atoms with Crippen LogP contribution in [0.4, 0.5) is 0 Å². The third kappa shape index (κ3) is 3.18. The first-order chi connectivity index (χ1) is 8.70. The van der Waals surface area contributed by atoms with E-state index in [-0.39, 0.29) is 0 Å². The van der Waals surface area contributed by atoms with Crippen molar-refractivity contribution in [3.63, 3.8) is 0 Å². The zero-order valence-corrected chi connectivity index (χ0v) is 12.1. The van der Waals surface area contributed by atoms with Gasteiger partial charge >= 0.3 is 0 Å². The van der Waals surface area contributed by atoms with Gasteiger partial charge in [0.2, 0.25) is 0 Å². The van der Waals surface area contributed by atoms with Crippen molar-refractivity contribution >= 4 is 11.3 Å². The minimum Gasteiger partial charge on any atom is -0.320 e. The Labute approximate surface area is 113 Å². The number of aromatic nitrogens is 1. The van der Waals surface area contributed by atoms with Gasteiger partial charge in [0.25, 0.3) is 0 Å². The van der Waals surface area contributed by atoms with Gasteiger partial charge in [0.15, 0.2) is 0 Å². The number of aryl methyl sites for hydroxylation is 3. The molecule has 0 bridgehead atoms. The van der Waals surface area contributed by atoms with E-state index in [4.69, 9.17) is 4.98 Å². The predicted octanol–water partition coefficient (Wildman–Crippen LogP) is 3.58. The van der Waals surface area contributed by atoms with Gasteiger partial charge in [-0.15, -0.1) is 11.3 Å². The van der Waals surface area contributed by atoms with Crippen LogP contribution in [0.25, 0.3) is 10.6 Å². The van der Waals surface area contributed by atoms with Crippen LogP contribution in [0.3, 0.4) is 0 Å². The summed E-state index contributed by atoms with van der Waals surface area (Å²) in [5.41, 5.74) is 5.10. The van der Waals surface area contributed by atoms with Crippen LogP contribution in [0.5, 0.6) is 0 Å². The van der Waals surface area contributed by atoms with Crippen molar-refractivity contribution in [1.29, 1.82) is 0 Å². The monoisotopic (exact) mass is 260 g/mol. The fourth-order valence-electron chi connectivity index (χ4n) is 2.05. The van der Waals surface area contributed by atoms with E-state index < -0.39 is 0 Å². The number of thiazole rings is 1. The van der Waals surface area contributed by atoms with Crippen molar-refractivity contribution in [1.82, 2.24) is 10.3 Å². The third-order valence-corrected chi connectivity index (χ3v) is 3.95. The van der Waals surface area contributed by atoms with E-state index in [2.05, 4.69) is 42.7 Å². The summed E-state index contributed by atoms with van der Waals surface area (Å²) >= 11 is 1.75. The highest BCUT2D eigenvalue weighted by Crippen LogP contribution is 2.27. The summed E-state index contributed by atoms with van der Waals surface area (Å²) in [6.45, 7) is 5.34. The molecular formula is C15H20N2S. The quantitative estimate of drug-likeness (QED) is 0.831. The van der Waals surface area contributed by atoms with Crippen molar-refractivity contribution in [2.75, 3.05) is 13.6 Å². The average Bonchev–Trinajstić information content (AvgIpc) is 2.78. The smallest absolute Gasteiger partial charge is 0.123 e. The summed E-state index contributed by atoms with van der Waals surface area (Å²) in [6, 6.07) is 6.56. The average molecular weight is 260 g/mol. The van der Waals surface area contributed by atoms with Crippen molar-refractivity contribution in [3.05, 3.63) is 40.4 Å². The number of nitrogens with one attached hydrogen (secondary N) is 1. The molecule has 2 nitrogen and oxygen atoms in total. The molecule has 1 heterocycles. The summed E-state index contributed by atoms with van der Waals surface area (Å²) in [7, 11) is 1.99. The lowest BCUT2D eigenvalue weighted by Crippen LogP contribution is -2.08. The minimum atomic E-state index is 1.05. The molecule has 2 aromatic rings. The van der Waals surface area contributed by atoms with Crippen LogP contribution < -0.4 is 5.32 Å². The molecule has 0 radical (unpaired) electrons. The van der Waals surface area contributed by atoms with Gasteiger partial charge in [-0.1, -0.05) is 23.8 Å². The van der Waals surface area contributed by atoms with E-state index in [1.54, 1.807) is 11.3 Å². The molecule has 0 amide bonds. The van der Waals surface area contributed by atoms with Crippen LogP contribution in [0, 0.1) is 13.8 Å². The van der Waals surface area contributed by atoms with E-state index >= 15 is 0 Å². The summed E-state index contributed by atoms with van der Waals surface area (Å²) in [4.78, 5) is 4.73. The maximum atomic E-state index is 4.73. The Hall–Kier alpha value is -1.19. The predicted molar refractivity (Wildman–Crippen MR) is 79.3 cm³/mol. The second-order valence-electron chi connectivity index (χ2n) is 4.67. The van der Waals surface area contributed by atoms with Gasteiger partial charge in [-0.3, -0.25) is 0 Å². The maximum absolute atomic E-state index is 4.73. The van der Waals surface area contributed by atoms with E-state index in [0.717, 1.165) is 24.4 Å². The molecule has 0 unspecified atom stereocenters. The summed E-state index contributed by atoms with van der Waals surface area (Å²) in [6.07, 6.45) is 2.20. The lowest BCUT2D eigenvalue weighted by Gasteiger charge is -2.03. The summed E-state index contributed by atoms with van der Waals surface area (Å²) in [5, 5.41) is 6.50. The molecule has 1 aromatic heterocycles. The largest absolute Gasteiger partial charge is 0.320 e. The molecule has 0 aliphatic heterocycles. The normalized spacial score (nSPS) is 10.8. The molecule has 18 heavy (non-hydrogen) atoms. The van der Waals surface area contributed by atoms with Crippen LogP contribution in [0.15, 0.2) is 23.6 Å². The van der Waals surface area contributed by atoms with Gasteiger partial charge < -0.3 is 5.32 Å². The van der Waals surface area contributed by atoms with Gasteiger partial charge in [0.1, 0.15) is 5.01 Å². The molecule has 0 fully saturated rings. The first-order valence-corrected chi connectivity index (χ1v) is 7.25. The number of hydrogen-bond acceptors (Lipinski definition) is 3. The van der Waals surface area contributed by atoms with Crippen molar-refractivity contribution in [2.45, 2.75) is 26.7 Å². The molecule has 3 heteroatoms. The molecule has 1 aromatic carbocycles. The Morgan fingerprint density at radius 1 is 1.28 bits per heavy atom. The highest BCUT2D eigenvalue weighted by Gasteiger charge is 2.07. The summed E-state index contributed by atoms with van der Waals surface area (Å²) < 4.78 is 0. The fraction of sp³-hybridized carbons (Fsp3) is 0.400. The fourth-order valence-corrected chi connectivity index (χ4v) is 2.99. The van der Waals surface area contributed by atoms with Crippen LogP contribution in [0.2, 0.25) is 0 Å². The van der Waals surface area contributed by atoms with E-state index in [9.17, 15) is 0 Å². The topological polar surface area (TPSA) is 24.9 Å². The number of hydrogen-bond donors (Lipinski definition) is 1. The van der Waals surface area contributed by atoms with Crippen molar-refractivity contribution in [3.8, 4) is 10.6 Å². The molecule has 0 atom stereocenters. The van der Waals surface area contributed by atoms with Gasteiger partial charge in [-0.2, -0.15) is 0 Å². The van der Waals surface area contributed by atoms with Crippen LogP contribution >= 0.6 is 11.3 Å². The lowest BCUT2D eigenvalue weighted by molar-refractivity contribution is 0.718. The Balaban J connectivity index is 2.13. The van der Waals surface area contributed by atoms with Crippen molar-refractivity contribution in [2.24, 2.45) is 0 Å². The molecule has 0 saturated heterocycles. The van der Waals surface area contributed by atoms with E-state index in [1.165, 1.54) is 22.4 Å².